The average molecular weight is 271 g/mol. The van der Waals surface area contributed by atoms with Gasteiger partial charge in [0.05, 0.1) is 0 Å². The summed E-state index contributed by atoms with van der Waals surface area (Å²) < 4.78 is 13.4. The van der Waals surface area contributed by atoms with Crippen LogP contribution in [0.15, 0.2) is 42.7 Å². The molecule has 20 heavy (non-hydrogen) atoms. The molecule has 1 aromatic heterocycles. The number of anilines is 2. The molecule has 0 unspecified atom stereocenters. The molecule has 0 spiro atoms. The fraction of sp³-hybridized carbons (Fsp3) is 0.312. The van der Waals surface area contributed by atoms with Crippen LogP contribution in [0, 0.1) is 5.82 Å². The highest BCUT2D eigenvalue weighted by Gasteiger charge is 2.21. The van der Waals surface area contributed by atoms with Gasteiger partial charge < -0.3 is 10.2 Å². The molecule has 104 valence electrons. The third kappa shape index (κ3) is 2.96. The third-order valence-electron chi connectivity index (χ3n) is 3.59. The van der Waals surface area contributed by atoms with Crippen LogP contribution >= 0.6 is 0 Å². The van der Waals surface area contributed by atoms with Crippen molar-refractivity contribution in [3.8, 4) is 0 Å². The van der Waals surface area contributed by atoms with Gasteiger partial charge in [-0.05, 0) is 37.1 Å². The van der Waals surface area contributed by atoms with Crippen LogP contribution in [0.3, 0.4) is 0 Å². The average Bonchev–Trinajstić information content (AvgIpc) is 3.29. The van der Waals surface area contributed by atoms with E-state index < -0.39 is 0 Å². The minimum Gasteiger partial charge on any atom is -0.344 e. The molecule has 0 saturated heterocycles. The smallest absolute Gasteiger partial charge is 0.125 e. The van der Waals surface area contributed by atoms with Gasteiger partial charge in [0.25, 0.3) is 0 Å². The Kier molecular flexibility index (Phi) is 3.65. The number of hydrogen-bond donors (Lipinski definition) is 1. The Balaban J connectivity index is 1.84. The largest absolute Gasteiger partial charge is 0.344 e. The Morgan fingerprint density at radius 3 is 2.95 bits per heavy atom. The van der Waals surface area contributed by atoms with Gasteiger partial charge in [-0.25, -0.2) is 4.39 Å². The van der Waals surface area contributed by atoms with Gasteiger partial charge in [0, 0.05) is 49.0 Å². The van der Waals surface area contributed by atoms with E-state index in [2.05, 4.69) is 10.3 Å². The summed E-state index contributed by atoms with van der Waals surface area (Å²) in [5.74, 6) is -0.221. The van der Waals surface area contributed by atoms with Crippen LogP contribution in [0.2, 0.25) is 0 Å². The van der Waals surface area contributed by atoms with Gasteiger partial charge in [-0.3, -0.25) is 4.98 Å². The van der Waals surface area contributed by atoms with Crippen LogP contribution in [-0.4, -0.2) is 18.1 Å². The zero-order valence-electron chi connectivity index (χ0n) is 11.5. The Bertz CT molecular complexity index is 596. The number of benzene rings is 1. The first-order valence-corrected chi connectivity index (χ1v) is 6.89. The summed E-state index contributed by atoms with van der Waals surface area (Å²) in [5, 5.41) is 3.49. The molecule has 0 bridgehead atoms. The van der Waals surface area contributed by atoms with E-state index in [1.54, 1.807) is 18.3 Å². The molecule has 3 nitrogen and oxygen atoms in total. The van der Waals surface area contributed by atoms with E-state index in [1.807, 2.05) is 30.3 Å². The summed E-state index contributed by atoms with van der Waals surface area (Å²) in [6.45, 7) is 0.799. The van der Waals surface area contributed by atoms with Crippen molar-refractivity contribution in [1.82, 2.24) is 10.3 Å². The van der Waals surface area contributed by atoms with E-state index in [1.165, 1.54) is 18.9 Å². The fourth-order valence-corrected chi connectivity index (χ4v) is 2.25. The van der Waals surface area contributed by atoms with Gasteiger partial charge >= 0.3 is 0 Å². The van der Waals surface area contributed by atoms with E-state index in [0.717, 1.165) is 23.5 Å². The molecule has 0 aliphatic heterocycles. The first-order valence-electron chi connectivity index (χ1n) is 6.89. The molecule has 0 amide bonds. The Labute approximate surface area is 118 Å². The molecular weight excluding hydrogens is 253 g/mol. The van der Waals surface area contributed by atoms with Crippen molar-refractivity contribution in [3.63, 3.8) is 0 Å². The molecule has 1 N–H and O–H groups in total. The maximum absolute atomic E-state index is 13.4. The quantitative estimate of drug-likeness (QED) is 0.905. The second-order valence-electron chi connectivity index (χ2n) is 5.20. The summed E-state index contributed by atoms with van der Waals surface area (Å²) in [6.07, 6.45) is 6.16. The molecule has 2 aromatic rings. The fourth-order valence-electron chi connectivity index (χ4n) is 2.25. The molecule has 1 heterocycles. The van der Waals surface area contributed by atoms with Gasteiger partial charge in [-0.15, -0.1) is 0 Å². The lowest BCUT2D eigenvalue weighted by Crippen LogP contribution is -2.19. The van der Waals surface area contributed by atoms with Crippen molar-refractivity contribution in [2.24, 2.45) is 0 Å². The molecule has 0 radical (unpaired) electrons. The first-order chi connectivity index (χ1) is 9.74. The second-order valence-corrected chi connectivity index (χ2v) is 5.20. The highest BCUT2D eigenvalue weighted by molar-refractivity contribution is 5.65. The predicted octanol–water partition coefficient (Wildman–Crippen LogP) is 3.24. The number of hydrogen-bond acceptors (Lipinski definition) is 3. The lowest BCUT2D eigenvalue weighted by atomic mass is 10.2. The van der Waals surface area contributed by atoms with E-state index in [9.17, 15) is 4.39 Å². The predicted molar refractivity (Wildman–Crippen MR) is 78.6 cm³/mol. The van der Waals surface area contributed by atoms with Crippen molar-refractivity contribution in [3.05, 3.63) is 54.1 Å². The zero-order chi connectivity index (χ0) is 13.9. The van der Waals surface area contributed by atoms with Crippen LogP contribution < -0.4 is 10.2 Å². The number of halogens is 1. The normalized spacial score (nSPS) is 14.3. The number of nitrogens with one attached hydrogen (secondary N) is 1. The van der Waals surface area contributed by atoms with Crippen molar-refractivity contribution in [2.75, 3.05) is 11.9 Å². The van der Waals surface area contributed by atoms with E-state index >= 15 is 0 Å². The van der Waals surface area contributed by atoms with Crippen molar-refractivity contribution >= 4 is 11.4 Å². The lowest BCUT2D eigenvalue weighted by Gasteiger charge is -2.22. The topological polar surface area (TPSA) is 28.2 Å². The summed E-state index contributed by atoms with van der Waals surface area (Å²) in [5.41, 5.74) is 3.02. The van der Waals surface area contributed by atoms with Crippen molar-refractivity contribution < 1.29 is 4.39 Å². The standard InChI is InChI=1S/C16H18FN3/c1-20(15-4-2-3-13(17)9-15)16-7-8-18-10-12(16)11-19-14-5-6-14/h2-4,7-10,14,19H,5-6,11H2,1H3. The summed E-state index contributed by atoms with van der Waals surface area (Å²) in [7, 11) is 1.95. The van der Waals surface area contributed by atoms with Gasteiger partial charge in [0.2, 0.25) is 0 Å². The monoisotopic (exact) mass is 271 g/mol. The maximum Gasteiger partial charge on any atom is 0.125 e. The Morgan fingerprint density at radius 1 is 1.35 bits per heavy atom. The number of rotatable bonds is 5. The van der Waals surface area contributed by atoms with Crippen LogP contribution in [0.25, 0.3) is 0 Å². The number of nitrogens with zero attached hydrogens (tertiary/aromatic N) is 2. The molecule has 0 atom stereocenters. The molecule has 1 aliphatic carbocycles. The number of pyridine rings is 1. The van der Waals surface area contributed by atoms with E-state index in [4.69, 9.17) is 0 Å². The van der Waals surface area contributed by atoms with Crippen LogP contribution in [0.1, 0.15) is 18.4 Å². The van der Waals surface area contributed by atoms with Gasteiger partial charge in [-0.2, -0.15) is 0 Å². The van der Waals surface area contributed by atoms with Crippen molar-refractivity contribution in [1.29, 1.82) is 0 Å². The summed E-state index contributed by atoms with van der Waals surface area (Å²) >= 11 is 0. The highest BCUT2D eigenvalue weighted by Crippen LogP contribution is 2.27. The van der Waals surface area contributed by atoms with E-state index in [0.29, 0.717) is 6.04 Å². The molecule has 1 aliphatic rings. The molecule has 1 saturated carbocycles. The van der Waals surface area contributed by atoms with E-state index in [-0.39, 0.29) is 5.82 Å². The summed E-state index contributed by atoms with van der Waals surface area (Å²) in [4.78, 5) is 6.19. The SMILES string of the molecule is CN(c1cccc(F)c1)c1ccncc1CNC1CC1. The number of aromatic nitrogens is 1. The zero-order valence-corrected chi connectivity index (χ0v) is 11.5. The maximum atomic E-state index is 13.4. The van der Waals surface area contributed by atoms with Crippen molar-refractivity contribution in [2.45, 2.75) is 25.4 Å². The minimum atomic E-state index is -0.221. The first kappa shape index (κ1) is 13.1. The molecule has 1 aromatic carbocycles. The Hall–Kier alpha value is -1.94. The lowest BCUT2D eigenvalue weighted by molar-refractivity contribution is 0.628. The van der Waals surface area contributed by atoms with Gasteiger partial charge in [0.1, 0.15) is 5.82 Å². The highest BCUT2D eigenvalue weighted by atomic mass is 19.1. The molecular formula is C16H18FN3. The van der Waals surface area contributed by atoms with Crippen LogP contribution in [-0.2, 0) is 6.54 Å². The van der Waals surface area contributed by atoms with Gasteiger partial charge in [-0.1, -0.05) is 6.07 Å². The molecule has 3 rings (SSSR count). The van der Waals surface area contributed by atoms with Crippen LogP contribution in [0.5, 0.6) is 0 Å². The Morgan fingerprint density at radius 2 is 2.20 bits per heavy atom. The molecule has 4 heteroatoms. The third-order valence-corrected chi connectivity index (χ3v) is 3.59. The second kappa shape index (κ2) is 5.59. The van der Waals surface area contributed by atoms with Gasteiger partial charge in [0.15, 0.2) is 0 Å². The minimum absolute atomic E-state index is 0.221. The molecule has 1 fully saturated rings. The summed E-state index contributed by atoms with van der Waals surface area (Å²) in [6, 6.07) is 9.25. The van der Waals surface area contributed by atoms with Crippen LogP contribution in [0.4, 0.5) is 15.8 Å².